The molecule has 0 radical (unpaired) electrons. The monoisotopic (exact) mass is 356 g/mol. The summed E-state index contributed by atoms with van der Waals surface area (Å²) in [5, 5.41) is 7.18. The molecule has 2 aromatic heterocycles. The first-order chi connectivity index (χ1) is 11.9. The summed E-state index contributed by atoms with van der Waals surface area (Å²) in [5.41, 5.74) is -0.538. The van der Waals surface area contributed by atoms with Gasteiger partial charge in [-0.05, 0) is 25.8 Å². The van der Waals surface area contributed by atoms with Gasteiger partial charge in [0.15, 0.2) is 5.69 Å². The fourth-order valence-electron chi connectivity index (χ4n) is 3.17. The van der Waals surface area contributed by atoms with E-state index in [1.54, 1.807) is 11.8 Å². The molecule has 1 amide bonds. The number of hydrogen-bond acceptors (Lipinski definition) is 4. The smallest absolute Gasteiger partial charge is 0.361 e. The normalized spacial score (nSPS) is 15.7. The van der Waals surface area contributed by atoms with Crippen LogP contribution in [0.3, 0.4) is 0 Å². The van der Waals surface area contributed by atoms with Gasteiger partial charge in [-0.25, -0.2) is 0 Å². The third-order valence-electron chi connectivity index (χ3n) is 4.51. The van der Waals surface area contributed by atoms with Crippen LogP contribution in [0.5, 0.6) is 0 Å². The van der Waals surface area contributed by atoms with Crippen molar-refractivity contribution < 1.29 is 22.5 Å². The van der Waals surface area contributed by atoms with Gasteiger partial charge < -0.3 is 9.42 Å². The number of halogens is 3. The van der Waals surface area contributed by atoms with E-state index in [-0.39, 0.29) is 25.0 Å². The highest BCUT2D eigenvalue weighted by Gasteiger charge is 2.34. The Hall–Kier alpha value is -2.32. The largest absolute Gasteiger partial charge is 0.435 e. The third-order valence-corrected chi connectivity index (χ3v) is 4.51. The summed E-state index contributed by atoms with van der Waals surface area (Å²) in [6.07, 6.45) is 2.06. The molecule has 0 unspecified atom stereocenters. The number of amides is 1. The van der Waals surface area contributed by atoms with Gasteiger partial charge in [-0.3, -0.25) is 9.48 Å². The first-order valence-electron chi connectivity index (χ1n) is 8.19. The van der Waals surface area contributed by atoms with Crippen LogP contribution in [0.15, 0.2) is 23.0 Å². The molecule has 1 saturated carbocycles. The zero-order valence-electron chi connectivity index (χ0n) is 13.8. The number of aryl methyl sites for hydroxylation is 1. The molecule has 25 heavy (non-hydrogen) atoms. The molecule has 0 N–H and O–H groups in total. The van der Waals surface area contributed by atoms with Gasteiger partial charge in [0.25, 0.3) is 5.91 Å². The quantitative estimate of drug-likeness (QED) is 0.825. The molecule has 0 spiro atoms. The summed E-state index contributed by atoms with van der Waals surface area (Å²) in [6, 6.07) is 1.02. The Kier molecular flexibility index (Phi) is 4.82. The Bertz CT molecular complexity index is 732. The van der Waals surface area contributed by atoms with Crippen molar-refractivity contribution in [3.8, 4) is 0 Å². The lowest BCUT2D eigenvalue weighted by molar-refractivity contribution is -0.141. The minimum absolute atomic E-state index is 0.0828. The molecule has 0 bridgehead atoms. The lowest BCUT2D eigenvalue weighted by Gasteiger charge is -2.28. The molecule has 1 aliphatic carbocycles. The zero-order valence-corrected chi connectivity index (χ0v) is 13.8. The van der Waals surface area contributed by atoms with Crippen LogP contribution >= 0.6 is 0 Å². The van der Waals surface area contributed by atoms with Gasteiger partial charge in [0.1, 0.15) is 11.3 Å². The van der Waals surface area contributed by atoms with Crippen molar-refractivity contribution >= 4 is 5.91 Å². The summed E-state index contributed by atoms with van der Waals surface area (Å²) in [5.74, 6) is 0.236. The topological polar surface area (TPSA) is 64.2 Å². The maximum Gasteiger partial charge on any atom is 0.435 e. The average molecular weight is 356 g/mol. The molecule has 1 aliphatic rings. The molecule has 0 aliphatic heterocycles. The Balaban J connectivity index is 1.73. The van der Waals surface area contributed by atoms with Crippen LogP contribution in [-0.2, 0) is 12.7 Å². The Labute approximate surface area is 142 Å². The predicted octanol–water partition coefficient (Wildman–Crippen LogP) is 3.28. The summed E-state index contributed by atoms with van der Waals surface area (Å²) in [6.45, 7) is 2.14. The van der Waals surface area contributed by atoms with Crippen LogP contribution in [0.1, 0.15) is 47.5 Å². The van der Waals surface area contributed by atoms with Gasteiger partial charge in [-0.15, -0.1) is 0 Å². The van der Waals surface area contributed by atoms with Gasteiger partial charge in [-0.2, -0.15) is 18.3 Å². The first-order valence-corrected chi connectivity index (χ1v) is 8.19. The van der Waals surface area contributed by atoms with Crippen molar-refractivity contribution in [3.05, 3.63) is 35.5 Å². The highest BCUT2D eigenvalue weighted by molar-refractivity contribution is 5.95. The average Bonchev–Trinajstić information content (AvgIpc) is 3.27. The second kappa shape index (κ2) is 6.89. The highest BCUT2D eigenvalue weighted by Crippen LogP contribution is 2.28. The molecule has 136 valence electrons. The number of rotatable bonds is 5. The van der Waals surface area contributed by atoms with Crippen LogP contribution in [0.25, 0.3) is 0 Å². The fraction of sp³-hybridized carbons (Fsp3) is 0.562. The van der Waals surface area contributed by atoms with E-state index in [9.17, 15) is 18.0 Å². The lowest BCUT2D eigenvalue weighted by atomic mass is 10.1. The molecule has 2 aromatic rings. The molecular formula is C16H19F3N4O2. The Morgan fingerprint density at radius 2 is 2.12 bits per heavy atom. The van der Waals surface area contributed by atoms with Crippen LogP contribution in [0, 0.1) is 6.92 Å². The minimum Gasteiger partial charge on any atom is -0.361 e. The van der Waals surface area contributed by atoms with E-state index in [4.69, 9.17) is 4.52 Å². The van der Waals surface area contributed by atoms with E-state index >= 15 is 0 Å². The van der Waals surface area contributed by atoms with Gasteiger partial charge in [-0.1, -0.05) is 18.0 Å². The molecule has 0 aromatic carbocycles. The molecule has 3 rings (SSSR count). The molecule has 6 nitrogen and oxygen atoms in total. The van der Waals surface area contributed by atoms with E-state index in [1.165, 1.54) is 17.1 Å². The number of hydrogen-bond donors (Lipinski definition) is 0. The molecule has 0 saturated heterocycles. The molecule has 0 atom stereocenters. The number of carbonyl (C=O) groups is 1. The van der Waals surface area contributed by atoms with Crippen molar-refractivity contribution in [2.45, 2.75) is 51.4 Å². The molecule has 2 heterocycles. The summed E-state index contributed by atoms with van der Waals surface area (Å²) < 4.78 is 44.1. The van der Waals surface area contributed by atoms with Crippen LogP contribution in [0.4, 0.5) is 13.2 Å². The van der Waals surface area contributed by atoms with Crippen molar-refractivity contribution in [2.75, 3.05) is 6.54 Å². The number of carbonyl (C=O) groups excluding carboxylic acids is 1. The summed E-state index contributed by atoms with van der Waals surface area (Å²) in [4.78, 5) is 14.5. The highest BCUT2D eigenvalue weighted by atomic mass is 19.4. The van der Waals surface area contributed by atoms with E-state index < -0.39 is 11.9 Å². The molecular weight excluding hydrogens is 337 g/mol. The van der Waals surface area contributed by atoms with Crippen molar-refractivity contribution in [2.24, 2.45) is 0 Å². The first kappa shape index (κ1) is 17.5. The number of alkyl halides is 3. The van der Waals surface area contributed by atoms with Crippen molar-refractivity contribution in [1.29, 1.82) is 0 Å². The van der Waals surface area contributed by atoms with E-state index in [1.807, 2.05) is 0 Å². The van der Waals surface area contributed by atoms with Crippen LogP contribution in [0.2, 0.25) is 0 Å². The van der Waals surface area contributed by atoms with Crippen molar-refractivity contribution in [3.63, 3.8) is 0 Å². The fourth-order valence-corrected chi connectivity index (χ4v) is 3.17. The van der Waals surface area contributed by atoms with Gasteiger partial charge in [0.05, 0.1) is 12.7 Å². The Morgan fingerprint density at radius 3 is 2.68 bits per heavy atom. The van der Waals surface area contributed by atoms with Gasteiger partial charge in [0, 0.05) is 18.8 Å². The van der Waals surface area contributed by atoms with E-state index in [0.29, 0.717) is 11.3 Å². The zero-order chi connectivity index (χ0) is 18.0. The second-order valence-electron chi connectivity index (χ2n) is 6.19. The maximum atomic E-state index is 12.8. The Morgan fingerprint density at radius 1 is 1.40 bits per heavy atom. The van der Waals surface area contributed by atoms with E-state index in [0.717, 1.165) is 31.7 Å². The maximum absolute atomic E-state index is 12.8. The molecule has 9 heteroatoms. The number of nitrogens with zero attached hydrogens (tertiary/aromatic N) is 4. The minimum atomic E-state index is -4.47. The van der Waals surface area contributed by atoms with Gasteiger partial charge in [0.2, 0.25) is 0 Å². The lowest BCUT2D eigenvalue weighted by Crippen LogP contribution is -2.41. The number of aromatic nitrogens is 3. The summed E-state index contributed by atoms with van der Waals surface area (Å²) >= 11 is 0. The molecule has 1 fully saturated rings. The summed E-state index contributed by atoms with van der Waals surface area (Å²) in [7, 11) is 0. The second-order valence-corrected chi connectivity index (χ2v) is 6.19. The van der Waals surface area contributed by atoms with Crippen LogP contribution in [-0.4, -0.2) is 38.3 Å². The van der Waals surface area contributed by atoms with Crippen molar-refractivity contribution in [1.82, 2.24) is 19.8 Å². The van der Waals surface area contributed by atoms with E-state index in [2.05, 4.69) is 10.3 Å². The predicted molar refractivity (Wildman–Crippen MR) is 81.8 cm³/mol. The van der Waals surface area contributed by atoms with Gasteiger partial charge >= 0.3 is 6.18 Å². The van der Waals surface area contributed by atoms with Crippen LogP contribution < -0.4 is 0 Å². The SMILES string of the molecule is Cc1oncc1C(=O)N(CCn1ccc(C(F)(F)F)n1)C1CCCC1. The third kappa shape index (κ3) is 3.85. The standard InChI is InChI=1S/C16H19F3N4O2/c1-11-13(10-20-25-11)15(24)23(12-4-2-3-5-12)9-8-22-7-6-14(21-22)16(17,18)19/h6-7,10,12H,2-5,8-9H2,1H3.